The fourth-order valence-corrected chi connectivity index (χ4v) is 7.21. The number of benzene rings is 2. The van der Waals surface area contributed by atoms with Crippen molar-refractivity contribution in [3.8, 4) is 17.0 Å². The fourth-order valence-electron chi connectivity index (χ4n) is 7.21. The van der Waals surface area contributed by atoms with Gasteiger partial charge in [0.15, 0.2) is 0 Å². The second-order valence-electron chi connectivity index (χ2n) is 10.1. The quantitative estimate of drug-likeness (QED) is 0.465. The molecule has 0 aliphatic heterocycles. The number of hydrogen-bond acceptors (Lipinski definition) is 4. The Labute approximate surface area is 187 Å². The van der Waals surface area contributed by atoms with Crippen LogP contribution in [0.3, 0.4) is 0 Å². The Bertz CT molecular complexity index is 1360. The van der Waals surface area contributed by atoms with Crippen molar-refractivity contribution in [2.75, 3.05) is 0 Å². The average Bonchev–Trinajstić information content (AvgIpc) is 3.40. The molecule has 4 aromatic rings. The molecule has 160 valence electrons. The first-order valence-corrected chi connectivity index (χ1v) is 11.7. The van der Waals surface area contributed by atoms with Crippen LogP contribution >= 0.6 is 0 Å². The van der Waals surface area contributed by atoms with Crippen molar-refractivity contribution >= 4 is 5.78 Å². The van der Waals surface area contributed by atoms with Gasteiger partial charge in [0, 0.05) is 16.5 Å². The lowest BCUT2D eigenvalue weighted by Gasteiger charge is -2.49. The molecule has 5 heteroatoms. The lowest BCUT2D eigenvalue weighted by molar-refractivity contribution is 0.104. The Hall–Kier alpha value is -3.21. The van der Waals surface area contributed by atoms with Gasteiger partial charge in [-0.1, -0.05) is 43.3 Å². The predicted octanol–water partition coefficient (Wildman–Crippen LogP) is 5.07. The molecule has 3 unspecified atom stereocenters. The summed E-state index contributed by atoms with van der Waals surface area (Å²) in [5.41, 5.74) is 7.83. The van der Waals surface area contributed by atoms with E-state index in [1.54, 1.807) is 6.33 Å². The molecule has 3 aliphatic carbocycles. The van der Waals surface area contributed by atoms with Crippen LogP contribution in [0.15, 0.2) is 54.9 Å². The lowest BCUT2D eigenvalue weighted by atomic mass is 9.55. The number of aromatic nitrogens is 4. The molecule has 0 bridgehead atoms. The van der Waals surface area contributed by atoms with E-state index in [4.69, 9.17) is 4.98 Å². The van der Waals surface area contributed by atoms with Gasteiger partial charge in [-0.05, 0) is 73.1 Å². The molecule has 0 amide bonds. The summed E-state index contributed by atoms with van der Waals surface area (Å²) in [5.74, 6) is 2.89. The number of hydrogen-bond donors (Lipinski definition) is 1. The Morgan fingerprint density at radius 3 is 2.84 bits per heavy atom. The number of nitrogens with zero attached hydrogens (tertiary/aromatic N) is 4. The van der Waals surface area contributed by atoms with Gasteiger partial charge < -0.3 is 5.11 Å². The minimum atomic E-state index is 0.0716. The number of aromatic hydroxyl groups is 1. The molecule has 2 heterocycles. The standard InChI is InChI=1S/C27H26N4O/c1-27-12-11-20-19-10-8-18(32)13-17(19)7-9-21(20)23(27)14-22-24(16-5-3-2-4-6-16)31-26(28-15-29-31)30-25(22)27/h2-6,8,10,13,15,20-21,23,32H,7,9,11-12,14H2,1H3/t20?,21?,23?,27-/m0/s1. The molecular formula is C27H26N4O. The second-order valence-corrected chi connectivity index (χ2v) is 10.1. The van der Waals surface area contributed by atoms with Crippen molar-refractivity contribution in [1.82, 2.24) is 19.6 Å². The highest BCUT2D eigenvalue weighted by Gasteiger charge is 2.54. The van der Waals surface area contributed by atoms with E-state index in [0.29, 0.717) is 29.3 Å². The van der Waals surface area contributed by atoms with Gasteiger partial charge in [-0.25, -0.2) is 4.98 Å². The minimum absolute atomic E-state index is 0.0716. The van der Waals surface area contributed by atoms with E-state index >= 15 is 0 Å². The van der Waals surface area contributed by atoms with Crippen molar-refractivity contribution in [3.63, 3.8) is 0 Å². The molecule has 0 spiro atoms. The normalized spacial score (nSPS) is 28.1. The van der Waals surface area contributed by atoms with E-state index < -0.39 is 0 Å². The Morgan fingerprint density at radius 2 is 1.97 bits per heavy atom. The van der Waals surface area contributed by atoms with Crippen molar-refractivity contribution in [3.05, 3.63) is 77.2 Å². The zero-order valence-corrected chi connectivity index (χ0v) is 18.2. The zero-order valence-electron chi connectivity index (χ0n) is 18.2. The van der Waals surface area contributed by atoms with E-state index in [2.05, 4.69) is 53.4 Å². The molecule has 0 radical (unpaired) electrons. The lowest BCUT2D eigenvalue weighted by Crippen LogP contribution is -2.43. The van der Waals surface area contributed by atoms with Gasteiger partial charge in [0.2, 0.25) is 0 Å². The molecule has 1 fully saturated rings. The summed E-state index contributed by atoms with van der Waals surface area (Å²) in [7, 11) is 0. The largest absolute Gasteiger partial charge is 0.508 e. The summed E-state index contributed by atoms with van der Waals surface area (Å²) in [6, 6.07) is 16.6. The number of aryl methyl sites for hydroxylation is 1. The Balaban J connectivity index is 1.39. The Kier molecular flexibility index (Phi) is 3.68. The molecule has 32 heavy (non-hydrogen) atoms. The number of fused-ring (bicyclic) bond motifs is 8. The van der Waals surface area contributed by atoms with Crippen LogP contribution in [0.5, 0.6) is 5.75 Å². The summed E-state index contributed by atoms with van der Waals surface area (Å²) < 4.78 is 1.94. The third-order valence-electron chi connectivity index (χ3n) is 8.64. The van der Waals surface area contributed by atoms with E-state index in [-0.39, 0.29) is 5.41 Å². The highest BCUT2D eigenvalue weighted by molar-refractivity contribution is 5.68. The van der Waals surface area contributed by atoms with Gasteiger partial charge in [0.1, 0.15) is 12.1 Å². The van der Waals surface area contributed by atoms with Crippen LogP contribution in [0.25, 0.3) is 17.0 Å². The summed E-state index contributed by atoms with van der Waals surface area (Å²) in [6.45, 7) is 2.45. The fraction of sp³-hybridized carbons (Fsp3) is 0.370. The monoisotopic (exact) mass is 422 g/mol. The van der Waals surface area contributed by atoms with Crippen LogP contribution in [0.1, 0.15) is 54.5 Å². The van der Waals surface area contributed by atoms with E-state index in [0.717, 1.165) is 25.0 Å². The number of rotatable bonds is 1. The van der Waals surface area contributed by atoms with Crippen LogP contribution in [-0.4, -0.2) is 24.7 Å². The predicted molar refractivity (Wildman–Crippen MR) is 123 cm³/mol. The Morgan fingerprint density at radius 1 is 1.09 bits per heavy atom. The van der Waals surface area contributed by atoms with Gasteiger partial charge >= 0.3 is 0 Å². The van der Waals surface area contributed by atoms with E-state index in [9.17, 15) is 5.11 Å². The molecule has 4 atom stereocenters. The van der Waals surface area contributed by atoms with Crippen molar-refractivity contribution in [2.45, 2.75) is 50.4 Å². The maximum atomic E-state index is 9.98. The summed E-state index contributed by atoms with van der Waals surface area (Å²) in [4.78, 5) is 9.60. The second kappa shape index (κ2) is 6.41. The molecule has 1 saturated carbocycles. The molecule has 2 aromatic carbocycles. The first kappa shape index (κ1) is 18.4. The van der Waals surface area contributed by atoms with Crippen LogP contribution in [0.2, 0.25) is 0 Å². The SMILES string of the molecule is C[C@]12CCC3c4ccc(O)cc4CCC3C1Cc1c2nc2ncnn2c1-c1ccccc1. The van der Waals surface area contributed by atoms with Crippen LogP contribution in [0, 0.1) is 11.8 Å². The molecule has 7 rings (SSSR count). The van der Waals surface area contributed by atoms with Gasteiger partial charge in [0.05, 0.1) is 11.4 Å². The van der Waals surface area contributed by atoms with Crippen LogP contribution in [0.4, 0.5) is 0 Å². The van der Waals surface area contributed by atoms with Gasteiger partial charge in [-0.2, -0.15) is 14.6 Å². The topological polar surface area (TPSA) is 63.3 Å². The van der Waals surface area contributed by atoms with Crippen molar-refractivity contribution in [1.29, 1.82) is 0 Å². The summed E-state index contributed by atoms with van der Waals surface area (Å²) in [5, 5.41) is 14.5. The van der Waals surface area contributed by atoms with Crippen LogP contribution < -0.4 is 0 Å². The highest BCUT2D eigenvalue weighted by atomic mass is 16.3. The number of phenolic OH excluding ortho intramolecular Hbond substituents is 1. The van der Waals surface area contributed by atoms with Gasteiger partial charge in [-0.3, -0.25) is 0 Å². The average molecular weight is 423 g/mol. The first-order chi connectivity index (χ1) is 15.6. The zero-order chi connectivity index (χ0) is 21.4. The van der Waals surface area contributed by atoms with Crippen LogP contribution in [-0.2, 0) is 18.3 Å². The van der Waals surface area contributed by atoms with E-state index in [1.165, 1.54) is 40.8 Å². The third-order valence-corrected chi connectivity index (χ3v) is 8.64. The van der Waals surface area contributed by atoms with Crippen molar-refractivity contribution in [2.24, 2.45) is 11.8 Å². The van der Waals surface area contributed by atoms with Crippen molar-refractivity contribution < 1.29 is 5.11 Å². The van der Waals surface area contributed by atoms with Gasteiger partial charge in [-0.15, -0.1) is 0 Å². The molecule has 1 N–H and O–H groups in total. The number of phenols is 1. The van der Waals surface area contributed by atoms with Gasteiger partial charge in [0.25, 0.3) is 5.78 Å². The third kappa shape index (κ3) is 2.37. The molecule has 2 aromatic heterocycles. The highest BCUT2D eigenvalue weighted by Crippen LogP contribution is 2.60. The summed E-state index contributed by atoms with van der Waals surface area (Å²) in [6.07, 6.45) is 7.22. The molecule has 3 aliphatic rings. The molecular weight excluding hydrogens is 396 g/mol. The molecule has 5 nitrogen and oxygen atoms in total. The minimum Gasteiger partial charge on any atom is -0.508 e. The maximum Gasteiger partial charge on any atom is 0.252 e. The van der Waals surface area contributed by atoms with E-state index in [1.807, 2.05) is 16.6 Å². The first-order valence-electron chi connectivity index (χ1n) is 11.7. The smallest absolute Gasteiger partial charge is 0.252 e. The maximum absolute atomic E-state index is 9.98. The summed E-state index contributed by atoms with van der Waals surface area (Å²) >= 11 is 0. The molecule has 0 saturated heterocycles.